The van der Waals surface area contributed by atoms with E-state index in [0.29, 0.717) is 11.8 Å². The van der Waals surface area contributed by atoms with Crippen LogP contribution < -0.4 is 4.74 Å². The van der Waals surface area contributed by atoms with Gasteiger partial charge in [-0.2, -0.15) is 0 Å². The van der Waals surface area contributed by atoms with E-state index in [1.165, 1.54) is 18.4 Å². The molecule has 2 aliphatic heterocycles. The van der Waals surface area contributed by atoms with E-state index in [2.05, 4.69) is 32.0 Å². The van der Waals surface area contributed by atoms with E-state index in [1.54, 1.807) is 0 Å². The second-order valence-electron chi connectivity index (χ2n) is 9.49. The summed E-state index contributed by atoms with van der Waals surface area (Å²) in [6, 6.07) is 8.47. The molecule has 148 valence electrons. The first-order chi connectivity index (χ1) is 12.9. The monoisotopic (exact) mass is 372 g/mol. The zero-order valence-corrected chi connectivity index (χ0v) is 16.6. The number of hydrogen-bond donors (Lipinski definition) is 1. The predicted octanol–water partition coefficient (Wildman–Crippen LogP) is 5.01. The highest BCUT2D eigenvalue weighted by Crippen LogP contribution is 2.57. The van der Waals surface area contributed by atoms with Crippen molar-refractivity contribution in [3.8, 4) is 5.75 Å². The summed E-state index contributed by atoms with van der Waals surface area (Å²) in [4.78, 5) is 11.1. The molecule has 0 aromatic heterocycles. The van der Waals surface area contributed by atoms with Gasteiger partial charge in [-0.3, -0.25) is 4.79 Å². The molecule has 5 rings (SSSR count). The van der Waals surface area contributed by atoms with Crippen LogP contribution in [0.15, 0.2) is 24.3 Å². The van der Waals surface area contributed by atoms with E-state index >= 15 is 0 Å². The van der Waals surface area contributed by atoms with Crippen molar-refractivity contribution in [3.63, 3.8) is 0 Å². The summed E-state index contributed by atoms with van der Waals surface area (Å²) in [6.07, 6.45) is 7.55. The summed E-state index contributed by atoms with van der Waals surface area (Å²) in [7, 11) is 0. The molecular weight excluding hydrogens is 340 g/mol. The first-order valence-corrected chi connectivity index (χ1v) is 10.5. The maximum atomic E-state index is 11.1. The van der Waals surface area contributed by atoms with Crippen LogP contribution in [0.2, 0.25) is 0 Å². The lowest BCUT2D eigenvalue weighted by atomic mass is 9.62. The molecule has 0 amide bonds. The predicted molar refractivity (Wildman–Crippen MR) is 104 cm³/mol. The van der Waals surface area contributed by atoms with Gasteiger partial charge in [0.25, 0.3) is 0 Å². The highest BCUT2D eigenvalue weighted by Gasteiger charge is 2.51. The highest BCUT2D eigenvalue weighted by atomic mass is 16.5. The van der Waals surface area contributed by atoms with Crippen LogP contribution in [0.4, 0.5) is 0 Å². The lowest BCUT2D eigenvalue weighted by molar-refractivity contribution is -0.192. The Labute approximate surface area is 162 Å². The summed E-state index contributed by atoms with van der Waals surface area (Å²) >= 11 is 0. The van der Waals surface area contributed by atoms with Gasteiger partial charge in [0.05, 0.1) is 24.7 Å². The molecule has 2 aliphatic carbocycles. The van der Waals surface area contributed by atoms with Crippen molar-refractivity contribution in [2.45, 2.75) is 64.4 Å². The molecule has 4 fully saturated rings. The third-order valence-electron chi connectivity index (χ3n) is 7.00. The Balaban J connectivity index is 1.36. The van der Waals surface area contributed by atoms with Crippen molar-refractivity contribution in [2.75, 3.05) is 13.2 Å². The number of ether oxygens (including phenoxy) is 2. The van der Waals surface area contributed by atoms with E-state index in [0.717, 1.165) is 51.1 Å². The fraction of sp³-hybridized carbons (Fsp3) is 0.696. The molecule has 4 nitrogen and oxygen atoms in total. The lowest BCUT2D eigenvalue weighted by Crippen LogP contribution is -2.49. The molecule has 0 radical (unpaired) electrons. The molecule has 0 unspecified atom stereocenters. The smallest absolute Gasteiger partial charge is 0.306 e. The summed E-state index contributed by atoms with van der Waals surface area (Å²) < 4.78 is 12.4. The Bertz CT molecular complexity index is 671. The van der Waals surface area contributed by atoms with Crippen molar-refractivity contribution in [1.29, 1.82) is 0 Å². The van der Waals surface area contributed by atoms with Gasteiger partial charge in [-0.15, -0.1) is 0 Å². The van der Waals surface area contributed by atoms with Crippen LogP contribution in [0.5, 0.6) is 5.75 Å². The number of aliphatic carboxylic acids is 1. The Morgan fingerprint density at radius 3 is 2.67 bits per heavy atom. The van der Waals surface area contributed by atoms with E-state index in [1.807, 2.05) is 6.07 Å². The number of carbonyl (C=O) groups is 1. The average Bonchev–Trinajstić information content (AvgIpc) is 3.47. The minimum absolute atomic E-state index is 0.0813. The van der Waals surface area contributed by atoms with Crippen LogP contribution in [-0.2, 0) is 15.1 Å². The second-order valence-corrected chi connectivity index (χ2v) is 9.49. The van der Waals surface area contributed by atoms with Gasteiger partial charge in [0.15, 0.2) is 0 Å². The van der Waals surface area contributed by atoms with Gasteiger partial charge < -0.3 is 14.6 Å². The SMILES string of the molecule is CC(C)COc1cccc(C23CCC(CC[C@@H]4C[C@H]4C(=O)O)(CC2)CO3)c1. The molecule has 1 N–H and O–H groups in total. The first-order valence-electron chi connectivity index (χ1n) is 10.5. The van der Waals surface area contributed by atoms with Crippen LogP contribution in [0.1, 0.15) is 64.4 Å². The summed E-state index contributed by atoms with van der Waals surface area (Å²) in [5.41, 5.74) is 1.38. The fourth-order valence-electron chi connectivity index (χ4n) is 4.95. The van der Waals surface area contributed by atoms with Gasteiger partial charge in [-0.1, -0.05) is 26.0 Å². The van der Waals surface area contributed by atoms with Crippen molar-refractivity contribution in [3.05, 3.63) is 29.8 Å². The molecule has 4 aliphatic rings. The number of benzene rings is 1. The van der Waals surface area contributed by atoms with Crippen molar-refractivity contribution in [1.82, 2.24) is 0 Å². The molecule has 1 aromatic rings. The normalized spacial score (nSPS) is 34.6. The average molecular weight is 373 g/mol. The molecule has 2 bridgehead atoms. The maximum Gasteiger partial charge on any atom is 0.306 e. The molecule has 27 heavy (non-hydrogen) atoms. The number of rotatable bonds is 8. The fourth-order valence-corrected chi connectivity index (χ4v) is 4.95. The number of carboxylic acid groups (broad SMARTS) is 1. The number of hydrogen-bond acceptors (Lipinski definition) is 3. The van der Waals surface area contributed by atoms with Crippen LogP contribution in [0, 0.1) is 23.2 Å². The van der Waals surface area contributed by atoms with E-state index in [4.69, 9.17) is 14.6 Å². The second kappa shape index (κ2) is 7.12. The van der Waals surface area contributed by atoms with Gasteiger partial charge in [0, 0.05) is 0 Å². The van der Waals surface area contributed by atoms with E-state index in [9.17, 15) is 4.79 Å². The molecule has 4 heteroatoms. The van der Waals surface area contributed by atoms with Gasteiger partial charge in [0.1, 0.15) is 5.75 Å². The number of fused-ring (bicyclic) bond motifs is 3. The maximum absolute atomic E-state index is 11.1. The largest absolute Gasteiger partial charge is 0.493 e. The quantitative estimate of drug-likeness (QED) is 0.697. The Morgan fingerprint density at radius 1 is 1.30 bits per heavy atom. The molecule has 2 atom stereocenters. The van der Waals surface area contributed by atoms with Crippen LogP contribution in [0.3, 0.4) is 0 Å². The Hall–Kier alpha value is -1.55. The van der Waals surface area contributed by atoms with E-state index in [-0.39, 0.29) is 16.9 Å². The topological polar surface area (TPSA) is 55.8 Å². The minimum Gasteiger partial charge on any atom is -0.493 e. The number of carboxylic acids is 1. The van der Waals surface area contributed by atoms with Crippen molar-refractivity contribution in [2.24, 2.45) is 23.2 Å². The first kappa shape index (κ1) is 18.8. The lowest BCUT2D eigenvalue weighted by Gasteiger charge is -2.53. The van der Waals surface area contributed by atoms with Crippen molar-refractivity contribution >= 4 is 5.97 Å². The third-order valence-corrected chi connectivity index (χ3v) is 7.00. The molecule has 1 aromatic carbocycles. The minimum atomic E-state index is -0.611. The van der Waals surface area contributed by atoms with Gasteiger partial charge in [-0.05, 0) is 79.9 Å². The Kier molecular flexibility index (Phi) is 4.96. The molecule has 0 spiro atoms. The van der Waals surface area contributed by atoms with Gasteiger partial charge in [0.2, 0.25) is 0 Å². The molecule has 2 saturated heterocycles. The summed E-state index contributed by atoms with van der Waals surface area (Å²) in [5, 5.41) is 9.11. The molecule has 2 heterocycles. The van der Waals surface area contributed by atoms with Crippen LogP contribution in [-0.4, -0.2) is 24.3 Å². The van der Waals surface area contributed by atoms with Crippen molar-refractivity contribution < 1.29 is 19.4 Å². The Morgan fingerprint density at radius 2 is 2.07 bits per heavy atom. The third kappa shape index (κ3) is 3.87. The van der Waals surface area contributed by atoms with Crippen LogP contribution in [0.25, 0.3) is 0 Å². The molecular formula is C23H32O4. The van der Waals surface area contributed by atoms with Gasteiger partial charge in [-0.25, -0.2) is 0 Å². The zero-order chi connectivity index (χ0) is 19.1. The zero-order valence-electron chi connectivity index (χ0n) is 16.6. The summed E-state index contributed by atoms with van der Waals surface area (Å²) in [5.74, 6) is 1.16. The molecule has 2 saturated carbocycles. The summed E-state index contributed by atoms with van der Waals surface area (Å²) in [6.45, 7) is 5.87. The van der Waals surface area contributed by atoms with Crippen LogP contribution >= 0.6 is 0 Å². The van der Waals surface area contributed by atoms with Gasteiger partial charge >= 0.3 is 5.97 Å². The highest BCUT2D eigenvalue weighted by molar-refractivity contribution is 5.73. The standard InChI is InChI=1S/C23H32O4/c1-16(2)14-26-19-5-3-4-18(13-19)23-10-8-22(9-11-23,15-27-23)7-6-17-12-20(17)21(24)25/h3-5,13,16-17,20H,6-12,14-15H2,1-2H3,(H,24,25)/t17-,20-,22?,23?/m1/s1. The van der Waals surface area contributed by atoms with E-state index < -0.39 is 5.97 Å².